The van der Waals surface area contributed by atoms with Crippen LogP contribution in [0.4, 0.5) is 0 Å². The van der Waals surface area contributed by atoms with E-state index in [1.54, 1.807) is 18.2 Å². The Morgan fingerprint density at radius 3 is 2.50 bits per heavy atom. The van der Waals surface area contributed by atoms with Gasteiger partial charge in [0.15, 0.2) is 23.0 Å². The molecule has 0 bridgehead atoms. The molecule has 0 aromatic heterocycles. The minimum Gasteiger partial charge on any atom is -0.504 e. The number of methoxy groups -OCH3 is 1. The molecule has 6 atom stereocenters. The van der Waals surface area contributed by atoms with Gasteiger partial charge in [0, 0.05) is 42.4 Å². The molecule has 7 nitrogen and oxygen atoms in total. The second-order valence-corrected chi connectivity index (χ2v) is 13.1. The van der Waals surface area contributed by atoms with Gasteiger partial charge < -0.3 is 30.5 Å². The van der Waals surface area contributed by atoms with E-state index in [0.717, 1.165) is 55.5 Å². The molecular formula is C39H47NO6. The van der Waals surface area contributed by atoms with Crippen molar-refractivity contribution in [2.75, 3.05) is 20.2 Å². The zero-order chi connectivity index (χ0) is 32.7. The van der Waals surface area contributed by atoms with Crippen LogP contribution >= 0.6 is 0 Å². The van der Waals surface area contributed by atoms with Crippen molar-refractivity contribution < 1.29 is 30.0 Å². The van der Waals surface area contributed by atoms with Crippen LogP contribution in [0.3, 0.4) is 0 Å². The lowest BCUT2D eigenvalue weighted by molar-refractivity contribution is -0.123. The van der Waals surface area contributed by atoms with Crippen LogP contribution in [0.15, 0.2) is 66.7 Å². The number of Topliss-reactive ketones (excluding diaryl/α,β-unsaturated/α-hetero) is 1. The van der Waals surface area contributed by atoms with Crippen molar-refractivity contribution in [2.45, 2.75) is 75.7 Å². The number of hydrogen-bond acceptors (Lipinski definition) is 7. The van der Waals surface area contributed by atoms with Gasteiger partial charge in [-0.25, -0.2) is 0 Å². The number of aliphatic hydroxyl groups excluding tert-OH is 1. The monoisotopic (exact) mass is 625 g/mol. The smallest absolute Gasteiger partial charge is 0.160 e. The van der Waals surface area contributed by atoms with Crippen LogP contribution in [0.5, 0.6) is 23.0 Å². The van der Waals surface area contributed by atoms with E-state index in [-0.39, 0.29) is 53.6 Å². The zero-order valence-electron chi connectivity index (χ0n) is 26.9. The van der Waals surface area contributed by atoms with Crippen molar-refractivity contribution in [3.05, 3.63) is 83.4 Å². The molecule has 0 unspecified atom stereocenters. The van der Waals surface area contributed by atoms with E-state index < -0.39 is 11.5 Å². The van der Waals surface area contributed by atoms with Gasteiger partial charge in [0.1, 0.15) is 5.78 Å². The van der Waals surface area contributed by atoms with Crippen molar-refractivity contribution in [1.29, 1.82) is 0 Å². The van der Waals surface area contributed by atoms with Crippen molar-refractivity contribution in [1.82, 2.24) is 5.32 Å². The van der Waals surface area contributed by atoms with Crippen LogP contribution in [0.1, 0.15) is 74.5 Å². The van der Waals surface area contributed by atoms with Crippen LogP contribution in [-0.4, -0.2) is 52.5 Å². The van der Waals surface area contributed by atoms with Crippen molar-refractivity contribution in [2.24, 2.45) is 17.8 Å². The lowest BCUT2D eigenvalue weighted by Gasteiger charge is -2.48. The fourth-order valence-electron chi connectivity index (χ4n) is 7.88. The largest absolute Gasteiger partial charge is 0.504 e. The molecule has 3 aromatic carbocycles. The summed E-state index contributed by atoms with van der Waals surface area (Å²) in [5.74, 6) is 6.60. The van der Waals surface area contributed by atoms with Crippen molar-refractivity contribution in [3.63, 3.8) is 0 Å². The first kappa shape index (κ1) is 33.4. The second kappa shape index (κ2) is 15.1. The molecule has 0 aliphatic heterocycles. The summed E-state index contributed by atoms with van der Waals surface area (Å²) in [4.78, 5) is 13.9. The van der Waals surface area contributed by atoms with Gasteiger partial charge in [0.2, 0.25) is 0 Å². The number of phenols is 3. The number of hydrogen-bond donors (Lipinski definition) is 5. The highest BCUT2D eigenvalue weighted by Gasteiger charge is 2.47. The molecule has 2 aliphatic rings. The molecule has 46 heavy (non-hydrogen) atoms. The quantitative estimate of drug-likeness (QED) is 0.141. The first-order valence-corrected chi connectivity index (χ1v) is 16.6. The number of carbonyl (C=O) groups is 1. The van der Waals surface area contributed by atoms with E-state index in [9.17, 15) is 25.2 Å². The first-order valence-electron chi connectivity index (χ1n) is 16.6. The molecule has 0 amide bonds. The molecule has 1 saturated carbocycles. The number of benzene rings is 3. The number of aliphatic hydroxyl groups is 1. The van der Waals surface area contributed by atoms with Crippen LogP contribution < -0.4 is 10.1 Å². The third-order valence-electron chi connectivity index (χ3n) is 10.2. The van der Waals surface area contributed by atoms with E-state index in [1.165, 1.54) is 13.2 Å². The summed E-state index contributed by atoms with van der Waals surface area (Å²) in [5.41, 5.74) is 2.32. The molecule has 5 N–H and O–H groups in total. The van der Waals surface area contributed by atoms with Gasteiger partial charge in [0.25, 0.3) is 0 Å². The summed E-state index contributed by atoms with van der Waals surface area (Å²) < 4.78 is 5.41. The number of phenolic OH excluding ortho intramolecular Hbond substituents is 3. The summed E-state index contributed by atoms with van der Waals surface area (Å²) in [7, 11) is 1.51. The number of rotatable bonds is 9. The number of carbonyl (C=O) groups excluding carboxylic acids is 1. The number of nitrogens with one attached hydrogen (secondary N) is 1. The molecule has 1 fully saturated rings. The maximum Gasteiger partial charge on any atom is 0.160 e. The minimum atomic E-state index is -0.934. The Morgan fingerprint density at radius 2 is 1.76 bits per heavy atom. The summed E-state index contributed by atoms with van der Waals surface area (Å²) in [6, 6.07) is 20.4. The third kappa shape index (κ3) is 7.52. The third-order valence-corrected chi connectivity index (χ3v) is 10.2. The van der Waals surface area contributed by atoms with Gasteiger partial charge in [-0.3, -0.25) is 4.79 Å². The molecule has 0 spiro atoms. The summed E-state index contributed by atoms with van der Waals surface area (Å²) in [6.45, 7) is 3.81. The van der Waals surface area contributed by atoms with Gasteiger partial charge in [-0.15, -0.1) is 5.92 Å². The van der Waals surface area contributed by atoms with Crippen LogP contribution in [-0.2, 0) is 16.6 Å². The van der Waals surface area contributed by atoms with E-state index in [4.69, 9.17) is 4.74 Å². The van der Waals surface area contributed by atoms with Gasteiger partial charge >= 0.3 is 0 Å². The van der Waals surface area contributed by atoms with Gasteiger partial charge in [-0.1, -0.05) is 61.7 Å². The molecule has 3 aromatic rings. The summed E-state index contributed by atoms with van der Waals surface area (Å²) >= 11 is 0. The molecular weight excluding hydrogens is 578 g/mol. The highest BCUT2D eigenvalue weighted by Crippen LogP contribution is 2.51. The maximum absolute atomic E-state index is 13.9. The lowest BCUT2D eigenvalue weighted by atomic mass is 9.57. The van der Waals surface area contributed by atoms with Crippen LogP contribution in [0, 0.1) is 29.6 Å². The van der Waals surface area contributed by atoms with Gasteiger partial charge in [0.05, 0.1) is 13.2 Å². The number of ketones is 1. The summed E-state index contributed by atoms with van der Waals surface area (Å²) in [5, 5.41) is 46.5. The Balaban J connectivity index is 1.58. The maximum atomic E-state index is 13.9. The van der Waals surface area contributed by atoms with Crippen LogP contribution in [0.2, 0.25) is 0 Å². The topological polar surface area (TPSA) is 119 Å². The Hall–Kier alpha value is -3.99. The predicted molar refractivity (Wildman–Crippen MR) is 179 cm³/mol. The van der Waals surface area contributed by atoms with Crippen molar-refractivity contribution >= 4 is 5.78 Å². The minimum absolute atomic E-state index is 0.000184. The second-order valence-electron chi connectivity index (χ2n) is 13.1. The molecule has 0 heterocycles. The Labute approximate surface area is 272 Å². The fraction of sp³-hybridized carbons (Fsp3) is 0.462. The fourth-order valence-corrected chi connectivity index (χ4v) is 7.88. The predicted octanol–water partition coefficient (Wildman–Crippen LogP) is 6.23. The average molecular weight is 626 g/mol. The highest BCUT2D eigenvalue weighted by atomic mass is 16.5. The standard InChI is InChI=1S/C39H47NO6/c1-3-40-25-27-11-8-18-39(24-27,30-15-17-34(42)37(45)21-30)33-13-7-12-28(19-26-9-5-4-6-10-26)32(22-31(41)23-36(33)44)29-14-16-35(43)38(20-29)46-2/h4-6,9-10,14-17,20-21,27-28,32-33,36,40,42-45H,3,8,11,13,18-19,22-25H2,1-2H3/t27-,28-,32-,33-,36+,39-/m1/s1. The molecule has 0 radical (unpaired) electrons. The summed E-state index contributed by atoms with van der Waals surface area (Å²) in [6.07, 6.45) is 3.87. The molecule has 0 saturated heterocycles. The van der Waals surface area contributed by atoms with Gasteiger partial charge in [-0.05, 0) is 85.6 Å². The van der Waals surface area contributed by atoms with Crippen LogP contribution in [0.25, 0.3) is 0 Å². The van der Waals surface area contributed by atoms with E-state index in [0.29, 0.717) is 24.5 Å². The SMILES string of the molecule is CCNC[C@@H]1CCC[C@@](c2ccc(O)c(O)c2)([C@@H]2CC#C[C@H](Cc3ccccc3)[C@H](c3ccc(O)c(OC)c3)CC(=O)C[C@@H]2O)C1. The number of ether oxygens (including phenoxy) is 1. The van der Waals surface area contributed by atoms with E-state index in [1.807, 2.05) is 30.3 Å². The van der Waals surface area contributed by atoms with Crippen molar-refractivity contribution in [3.8, 4) is 34.8 Å². The number of aromatic hydroxyl groups is 3. The molecule has 7 heteroatoms. The molecule has 2 aliphatic carbocycles. The molecule has 244 valence electrons. The van der Waals surface area contributed by atoms with E-state index in [2.05, 4.69) is 36.2 Å². The highest BCUT2D eigenvalue weighted by molar-refractivity contribution is 5.80. The Kier molecular flexibility index (Phi) is 10.9. The lowest BCUT2D eigenvalue weighted by Crippen LogP contribution is -2.47. The van der Waals surface area contributed by atoms with E-state index >= 15 is 0 Å². The first-order chi connectivity index (χ1) is 22.2. The average Bonchev–Trinajstić information content (AvgIpc) is 3.06. The Bertz CT molecular complexity index is 1550. The normalized spacial score (nSPS) is 26.9. The Morgan fingerprint density at radius 1 is 0.978 bits per heavy atom. The molecule has 5 rings (SSSR count). The van der Waals surface area contributed by atoms with Gasteiger partial charge in [-0.2, -0.15) is 0 Å². The zero-order valence-corrected chi connectivity index (χ0v) is 26.9.